The van der Waals surface area contributed by atoms with Crippen LogP contribution in [0.25, 0.3) is 11.1 Å². The van der Waals surface area contributed by atoms with E-state index in [4.69, 9.17) is 34.8 Å². The summed E-state index contributed by atoms with van der Waals surface area (Å²) in [6, 6.07) is 4.80. The monoisotopic (exact) mass is 390 g/mol. The van der Waals surface area contributed by atoms with Crippen molar-refractivity contribution in [2.24, 2.45) is 0 Å². The lowest BCUT2D eigenvalue weighted by molar-refractivity contribution is -0.137. The van der Waals surface area contributed by atoms with E-state index in [0.29, 0.717) is 6.07 Å². The van der Waals surface area contributed by atoms with Gasteiger partial charge < -0.3 is 4.74 Å². The van der Waals surface area contributed by atoms with Crippen molar-refractivity contribution in [2.45, 2.75) is 12.8 Å². The summed E-state index contributed by atoms with van der Waals surface area (Å²) in [5.41, 5.74) is -1.55. The van der Waals surface area contributed by atoms with Crippen molar-refractivity contribution in [2.75, 3.05) is 0 Å². The molecule has 0 bridgehead atoms. The first-order valence-electron chi connectivity index (χ1n) is 5.90. The molecule has 0 unspecified atom stereocenters. The van der Waals surface area contributed by atoms with Crippen molar-refractivity contribution < 1.29 is 26.7 Å². The average Bonchev–Trinajstić information content (AvgIpc) is 2.41. The summed E-state index contributed by atoms with van der Waals surface area (Å²) in [5, 5.41) is 0.0196. The van der Waals surface area contributed by atoms with Crippen molar-refractivity contribution in [1.29, 1.82) is 0 Å². The standard InChI is InChI=1S/C14H6Cl3F5O/c15-10-5-12(17)11(16)4-8(10)7-2-1-6(23-13(18)19)3-9(7)14(20,21)22/h1-5,13H. The van der Waals surface area contributed by atoms with Crippen LogP contribution < -0.4 is 4.74 Å². The molecule has 0 amide bonds. The molecule has 2 rings (SSSR count). The third kappa shape index (κ3) is 4.19. The van der Waals surface area contributed by atoms with Crippen LogP contribution in [0.4, 0.5) is 22.0 Å². The summed E-state index contributed by atoms with van der Waals surface area (Å²) in [6.07, 6.45) is -4.81. The van der Waals surface area contributed by atoms with Crippen LogP contribution in [0.2, 0.25) is 15.1 Å². The summed E-state index contributed by atoms with van der Waals surface area (Å²) in [5.74, 6) is -0.618. The molecular formula is C14H6Cl3F5O. The normalized spacial score (nSPS) is 11.9. The maximum Gasteiger partial charge on any atom is 0.417 e. The minimum Gasteiger partial charge on any atom is -0.435 e. The highest BCUT2D eigenvalue weighted by atomic mass is 35.5. The van der Waals surface area contributed by atoms with E-state index in [1.54, 1.807) is 0 Å². The molecule has 0 heterocycles. The maximum absolute atomic E-state index is 13.2. The molecule has 0 saturated heterocycles. The Morgan fingerprint density at radius 2 is 1.43 bits per heavy atom. The Balaban J connectivity index is 2.65. The van der Waals surface area contributed by atoms with Crippen LogP contribution in [0.1, 0.15) is 5.56 Å². The van der Waals surface area contributed by atoms with Crippen LogP contribution in [-0.2, 0) is 6.18 Å². The van der Waals surface area contributed by atoms with Gasteiger partial charge in [0, 0.05) is 10.6 Å². The lowest BCUT2D eigenvalue weighted by atomic mass is 9.99. The zero-order chi connectivity index (χ0) is 17.4. The van der Waals surface area contributed by atoms with Gasteiger partial charge in [0.1, 0.15) is 5.75 Å². The minimum absolute atomic E-state index is 0.00657. The fourth-order valence-corrected chi connectivity index (χ4v) is 2.55. The molecule has 23 heavy (non-hydrogen) atoms. The number of benzene rings is 2. The SMILES string of the molecule is FC(F)Oc1ccc(-c2cc(Cl)c(Cl)cc2Cl)c(C(F)(F)F)c1. The second-order valence-corrected chi connectivity index (χ2v) is 5.55. The number of ether oxygens (including phenoxy) is 1. The van der Waals surface area contributed by atoms with Gasteiger partial charge in [-0.3, -0.25) is 0 Å². The summed E-state index contributed by atoms with van der Waals surface area (Å²) in [4.78, 5) is 0. The zero-order valence-electron chi connectivity index (χ0n) is 10.9. The highest BCUT2D eigenvalue weighted by Gasteiger charge is 2.35. The molecule has 1 nitrogen and oxygen atoms in total. The van der Waals surface area contributed by atoms with Crippen LogP contribution in [0, 0.1) is 0 Å². The number of alkyl halides is 5. The van der Waals surface area contributed by atoms with E-state index in [-0.39, 0.29) is 26.2 Å². The molecule has 2 aromatic carbocycles. The molecule has 0 saturated carbocycles. The van der Waals surface area contributed by atoms with E-state index in [1.807, 2.05) is 0 Å². The molecule has 0 spiro atoms. The van der Waals surface area contributed by atoms with Gasteiger partial charge in [0.25, 0.3) is 0 Å². The first-order valence-corrected chi connectivity index (χ1v) is 7.04. The number of hydrogen-bond donors (Lipinski definition) is 0. The predicted octanol–water partition coefficient (Wildman–Crippen LogP) is 6.93. The first kappa shape index (κ1) is 18.1. The summed E-state index contributed by atoms with van der Waals surface area (Å²) < 4.78 is 68.0. The summed E-state index contributed by atoms with van der Waals surface area (Å²) in [6.45, 7) is -3.24. The van der Waals surface area contributed by atoms with Crippen molar-refractivity contribution in [3.05, 3.63) is 51.0 Å². The highest BCUT2D eigenvalue weighted by Crippen LogP contribution is 2.43. The Morgan fingerprint density at radius 3 is 2.00 bits per heavy atom. The van der Waals surface area contributed by atoms with Crippen molar-refractivity contribution in [3.8, 4) is 16.9 Å². The molecule has 0 aliphatic heterocycles. The van der Waals surface area contributed by atoms with Gasteiger partial charge in [0.05, 0.1) is 15.6 Å². The Hall–Kier alpha value is -1.24. The Bertz CT molecular complexity index is 731. The molecule has 0 aliphatic rings. The average molecular weight is 392 g/mol. The Morgan fingerprint density at radius 1 is 0.826 bits per heavy atom. The van der Waals surface area contributed by atoms with Crippen LogP contribution in [-0.4, -0.2) is 6.61 Å². The van der Waals surface area contributed by atoms with E-state index in [9.17, 15) is 22.0 Å². The quantitative estimate of drug-likeness (QED) is 0.407. The highest BCUT2D eigenvalue weighted by molar-refractivity contribution is 6.44. The lowest BCUT2D eigenvalue weighted by Crippen LogP contribution is -2.09. The van der Waals surface area contributed by atoms with Gasteiger partial charge in [-0.05, 0) is 29.8 Å². The fraction of sp³-hybridized carbons (Fsp3) is 0.143. The zero-order valence-corrected chi connectivity index (χ0v) is 13.2. The molecule has 0 radical (unpaired) electrons. The molecular weight excluding hydrogens is 386 g/mol. The van der Waals surface area contributed by atoms with Crippen LogP contribution in [0.15, 0.2) is 30.3 Å². The van der Waals surface area contributed by atoms with Gasteiger partial charge in [-0.1, -0.05) is 40.9 Å². The lowest BCUT2D eigenvalue weighted by Gasteiger charge is -2.16. The second-order valence-electron chi connectivity index (χ2n) is 4.33. The number of halogens is 8. The summed E-state index contributed by atoms with van der Waals surface area (Å²) in [7, 11) is 0. The van der Waals surface area contributed by atoms with Gasteiger partial charge in [-0.25, -0.2) is 0 Å². The topological polar surface area (TPSA) is 9.23 Å². The fourth-order valence-electron chi connectivity index (χ4n) is 1.90. The molecule has 2 aromatic rings. The maximum atomic E-state index is 13.2. The third-order valence-electron chi connectivity index (χ3n) is 2.82. The van der Waals surface area contributed by atoms with E-state index in [1.165, 1.54) is 12.1 Å². The van der Waals surface area contributed by atoms with Crippen LogP contribution >= 0.6 is 34.8 Å². The smallest absolute Gasteiger partial charge is 0.417 e. The van der Waals surface area contributed by atoms with Gasteiger partial charge in [0.15, 0.2) is 0 Å². The van der Waals surface area contributed by atoms with Crippen LogP contribution in [0.3, 0.4) is 0 Å². The largest absolute Gasteiger partial charge is 0.435 e. The van der Waals surface area contributed by atoms with Gasteiger partial charge in [0.2, 0.25) is 0 Å². The molecule has 0 aromatic heterocycles. The van der Waals surface area contributed by atoms with Crippen molar-refractivity contribution in [1.82, 2.24) is 0 Å². The number of rotatable bonds is 3. The second kappa shape index (κ2) is 6.71. The van der Waals surface area contributed by atoms with Gasteiger partial charge in [-0.2, -0.15) is 22.0 Å². The van der Waals surface area contributed by atoms with E-state index >= 15 is 0 Å². The molecule has 0 atom stereocenters. The predicted molar refractivity (Wildman–Crippen MR) is 78.5 cm³/mol. The molecule has 0 fully saturated rings. The van der Waals surface area contributed by atoms with Crippen molar-refractivity contribution >= 4 is 34.8 Å². The van der Waals surface area contributed by atoms with Crippen LogP contribution in [0.5, 0.6) is 5.75 Å². The minimum atomic E-state index is -4.81. The Labute approximate surface area is 142 Å². The molecule has 0 aliphatic carbocycles. The van der Waals surface area contributed by atoms with E-state index in [0.717, 1.165) is 12.1 Å². The molecule has 124 valence electrons. The van der Waals surface area contributed by atoms with Crippen molar-refractivity contribution in [3.63, 3.8) is 0 Å². The van der Waals surface area contributed by atoms with Gasteiger partial charge >= 0.3 is 12.8 Å². The van der Waals surface area contributed by atoms with E-state index in [2.05, 4.69) is 4.74 Å². The molecule has 0 N–H and O–H groups in total. The molecule has 9 heteroatoms. The van der Waals surface area contributed by atoms with E-state index < -0.39 is 24.1 Å². The Kier molecular flexibility index (Phi) is 5.28. The van der Waals surface area contributed by atoms with Gasteiger partial charge in [-0.15, -0.1) is 0 Å². The summed E-state index contributed by atoms with van der Waals surface area (Å²) >= 11 is 17.5. The third-order valence-corrected chi connectivity index (χ3v) is 3.86. The first-order chi connectivity index (χ1) is 10.6. The number of hydrogen-bond acceptors (Lipinski definition) is 1.